The number of likely N-dealkylation sites (N-methyl/N-ethyl adjacent to an activating group) is 2. The van der Waals surface area contributed by atoms with Gasteiger partial charge in [0.05, 0.1) is 18.6 Å². The van der Waals surface area contributed by atoms with Gasteiger partial charge in [-0.25, -0.2) is 18.7 Å². The van der Waals surface area contributed by atoms with Crippen molar-refractivity contribution in [2.24, 2.45) is 0 Å². The van der Waals surface area contributed by atoms with Crippen LogP contribution in [0.1, 0.15) is 61.7 Å². The molecule has 0 bridgehead atoms. The minimum Gasteiger partial charge on any atom is -0.497 e. The third kappa shape index (κ3) is 12.2. The third-order valence-corrected chi connectivity index (χ3v) is 7.38. The molecule has 0 aliphatic carbocycles. The molecule has 42 heavy (non-hydrogen) atoms. The van der Waals surface area contributed by atoms with E-state index in [1.165, 1.54) is 4.90 Å². The number of hydrazine groups is 1. The number of methoxy groups -OCH3 is 1. The van der Waals surface area contributed by atoms with E-state index in [1.807, 2.05) is 39.8 Å². The molecule has 3 amide bonds. The minimum absolute atomic E-state index is 0.117. The Balaban J connectivity index is 0.00000431. The van der Waals surface area contributed by atoms with Crippen LogP contribution in [0.3, 0.4) is 0 Å². The van der Waals surface area contributed by atoms with Crippen LogP contribution >= 0.6 is 0 Å². The molecule has 0 radical (unpaired) electrons. The van der Waals surface area contributed by atoms with Crippen LogP contribution in [-0.4, -0.2) is 77.9 Å². The van der Waals surface area contributed by atoms with Crippen molar-refractivity contribution in [1.29, 1.82) is 0 Å². The molecule has 0 heterocycles. The molecule has 0 aliphatic heterocycles. The molecule has 0 aromatic heterocycles. The van der Waals surface area contributed by atoms with E-state index >= 15 is 0 Å². The molecule has 2 aromatic carbocycles. The zero-order valence-corrected chi connectivity index (χ0v) is 27.3. The van der Waals surface area contributed by atoms with Crippen LogP contribution in [0.5, 0.6) is 5.75 Å². The Hall–Kier alpha value is -3.48. The highest BCUT2D eigenvalue weighted by Crippen LogP contribution is 2.25. The summed E-state index contributed by atoms with van der Waals surface area (Å²) < 4.78 is 30.6. The lowest BCUT2D eigenvalue weighted by atomic mass is 10.1. The molecule has 1 atom stereocenters. The molecule has 0 saturated heterocycles. The van der Waals surface area contributed by atoms with Crippen LogP contribution in [0.15, 0.2) is 41.3 Å². The fraction of sp³-hybridized carbons (Fsp3) is 0.500. The maximum Gasteiger partial charge on any atom is 0.426 e. The van der Waals surface area contributed by atoms with E-state index in [0.29, 0.717) is 18.7 Å². The van der Waals surface area contributed by atoms with E-state index in [-0.39, 0.29) is 19.1 Å². The molecule has 0 spiro atoms. The van der Waals surface area contributed by atoms with Gasteiger partial charge in [-0.1, -0.05) is 26.0 Å². The minimum atomic E-state index is -1.38. The zero-order valence-electron chi connectivity index (χ0n) is 26.5. The van der Waals surface area contributed by atoms with Gasteiger partial charge in [-0.05, 0) is 75.6 Å². The number of hydrogen-bond donors (Lipinski definition) is 2. The summed E-state index contributed by atoms with van der Waals surface area (Å²) >= 11 is 0. The predicted octanol–water partition coefficient (Wildman–Crippen LogP) is 4.14. The van der Waals surface area contributed by atoms with Gasteiger partial charge in [0.25, 0.3) is 5.91 Å². The average molecular weight is 607 g/mol. The second-order valence-electron chi connectivity index (χ2n) is 10.3. The summed E-state index contributed by atoms with van der Waals surface area (Å²) in [7, 11) is 3.62. The van der Waals surface area contributed by atoms with Crippen molar-refractivity contribution in [2.45, 2.75) is 65.5 Å². The SMILES string of the molecule is CC.COc1cc(C)c(S(=O)N(C)CCOCC(=O)N(C)Cc2ccc(C(=O)NNC(=O)OC(C)(C)C)cc2)c(C)c1. The third-order valence-electron chi connectivity index (χ3n) is 5.64. The lowest BCUT2D eigenvalue weighted by Crippen LogP contribution is -2.44. The number of carbonyl (C=O) groups is 3. The summed E-state index contributed by atoms with van der Waals surface area (Å²) in [6, 6.07) is 10.3. The van der Waals surface area contributed by atoms with Crippen molar-refractivity contribution >= 4 is 28.9 Å². The molecule has 2 aromatic rings. The molecular weight excluding hydrogens is 560 g/mol. The van der Waals surface area contributed by atoms with E-state index in [1.54, 1.807) is 70.5 Å². The van der Waals surface area contributed by atoms with Gasteiger partial charge in [-0.2, -0.15) is 0 Å². The molecule has 0 saturated carbocycles. The van der Waals surface area contributed by atoms with Crippen LogP contribution < -0.4 is 15.6 Å². The van der Waals surface area contributed by atoms with Gasteiger partial charge >= 0.3 is 6.09 Å². The summed E-state index contributed by atoms with van der Waals surface area (Å²) in [5.74, 6) is 0.00542. The van der Waals surface area contributed by atoms with Crippen molar-refractivity contribution in [3.8, 4) is 5.75 Å². The summed E-state index contributed by atoms with van der Waals surface area (Å²) in [6.07, 6.45) is -0.762. The Kier molecular flexibility index (Phi) is 15.2. The number of hydrogen-bond acceptors (Lipinski definition) is 7. The maximum atomic E-state index is 13.0. The molecule has 11 nitrogen and oxygen atoms in total. The monoisotopic (exact) mass is 606 g/mol. The fourth-order valence-electron chi connectivity index (χ4n) is 3.61. The maximum absolute atomic E-state index is 13.0. The van der Waals surface area contributed by atoms with E-state index in [9.17, 15) is 18.6 Å². The van der Waals surface area contributed by atoms with Gasteiger partial charge in [-0.3, -0.25) is 15.0 Å². The van der Waals surface area contributed by atoms with Crippen molar-refractivity contribution in [2.75, 3.05) is 41.0 Å². The van der Waals surface area contributed by atoms with Gasteiger partial charge in [0, 0.05) is 32.7 Å². The number of benzene rings is 2. The molecule has 12 heteroatoms. The Bertz CT molecular complexity index is 1190. The van der Waals surface area contributed by atoms with Crippen molar-refractivity contribution in [3.05, 3.63) is 58.7 Å². The van der Waals surface area contributed by atoms with Crippen molar-refractivity contribution in [1.82, 2.24) is 20.1 Å². The molecule has 0 aliphatic rings. The fourth-order valence-corrected chi connectivity index (χ4v) is 4.83. The van der Waals surface area contributed by atoms with Crippen LogP contribution in [0, 0.1) is 13.8 Å². The number of rotatable bonds is 11. The number of nitrogens with zero attached hydrogens (tertiary/aromatic N) is 2. The standard InChI is InChI=1S/C28H40N4O7S.C2H6/c1-19-15-23(37-8)16-20(2)25(19)40(36)32(7)13-14-38-18-24(33)31(6)17-21-9-11-22(12-10-21)26(34)29-30-27(35)39-28(3,4)5;1-2/h9-12,15-16H,13-14,17-18H2,1-8H3,(H,29,34)(H,30,35);1-2H3. The van der Waals surface area contributed by atoms with E-state index in [2.05, 4.69) is 10.9 Å². The van der Waals surface area contributed by atoms with E-state index in [0.717, 1.165) is 27.3 Å². The molecule has 2 rings (SSSR count). The summed E-state index contributed by atoms with van der Waals surface area (Å²) in [6.45, 7) is 13.8. The van der Waals surface area contributed by atoms with Gasteiger partial charge in [0.15, 0.2) is 0 Å². The van der Waals surface area contributed by atoms with Crippen molar-refractivity contribution < 1.29 is 32.8 Å². The quantitative estimate of drug-likeness (QED) is 0.291. The Labute approximate surface area is 252 Å². The smallest absolute Gasteiger partial charge is 0.426 e. The number of amides is 3. The second kappa shape index (κ2) is 17.5. The lowest BCUT2D eigenvalue weighted by Gasteiger charge is -2.20. The Morgan fingerprint density at radius 1 is 0.952 bits per heavy atom. The number of nitrogens with one attached hydrogen (secondary N) is 2. The molecule has 234 valence electrons. The molecule has 0 fully saturated rings. The average Bonchev–Trinajstić information content (AvgIpc) is 2.93. The number of aryl methyl sites for hydroxylation is 2. The number of carbonyl (C=O) groups excluding carboxylic acids is 3. The topological polar surface area (TPSA) is 127 Å². The van der Waals surface area contributed by atoms with E-state index < -0.39 is 28.6 Å². The van der Waals surface area contributed by atoms with Crippen LogP contribution in [-0.2, 0) is 31.8 Å². The first kappa shape index (κ1) is 36.5. The highest BCUT2D eigenvalue weighted by molar-refractivity contribution is 7.82. The number of ether oxygens (including phenoxy) is 3. The molecule has 1 unspecified atom stereocenters. The van der Waals surface area contributed by atoms with Gasteiger partial charge < -0.3 is 19.1 Å². The highest BCUT2D eigenvalue weighted by atomic mass is 32.2. The normalized spacial score (nSPS) is 11.6. The highest BCUT2D eigenvalue weighted by Gasteiger charge is 2.18. The van der Waals surface area contributed by atoms with Crippen LogP contribution in [0.2, 0.25) is 0 Å². The lowest BCUT2D eigenvalue weighted by molar-refractivity contribution is -0.135. The van der Waals surface area contributed by atoms with Gasteiger partial charge in [0.2, 0.25) is 5.91 Å². The van der Waals surface area contributed by atoms with Crippen LogP contribution in [0.4, 0.5) is 4.79 Å². The summed E-state index contributed by atoms with van der Waals surface area (Å²) in [5.41, 5.74) is 6.72. The first-order valence-electron chi connectivity index (χ1n) is 13.7. The zero-order chi connectivity index (χ0) is 32.0. The first-order chi connectivity index (χ1) is 19.7. The summed E-state index contributed by atoms with van der Waals surface area (Å²) in [5, 5.41) is 0. The first-order valence-corrected chi connectivity index (χ1v) is 14.8. The van der Waals surface area contributed by atoms with Crippen molar-refractivity contribution in [3.63, 3.8) is 0 Å². The Morgan fingerprint density at radius 2 is 1.52 bits per heavy atom. The van der Waals surface area contributed by atoms with E-state index in [4.69, 9.17) is 14.2 Å². The predicted molar refractivity (Wildman–Crippen MR) is 163 cm³/mol. The van der Waals surface area contributed by atoms with Gasteiger partial charge in [-0.15, -0.1) is 0 Å². The second-order valence-corrected chi connectivity index (χ2v) is 11.8. The molecule has 2 N–H and O–H groups in total. The largest absolute Gasteiger partial charge is 0.497 e. The Morgan fingerprint density at radius 3 is 2.05 bits per heavy atom. The molecular formula is C30H46N4O7S. The summed E-state index contributed by atoms with van der Waals surface area (Å²) in [4.78, 5) is 38.7. The van der Waals surface area contributed by atoms with Crippen LogP contribution in [0.25, 0.3) is 0 Å². The van der Waals surface area contributed by atoms with Gasteiger partial charge in [0.1, 0.15) is 28.9 Å².